The minimum atomic E-state index is 0.214. The Morgan fingerprint density at radius 2 is 1.95 bits per heavy atom. The minimum absolute atomic E-state index is 0.214. The van der Waals surface area contributed by atoms with E-state index in [1.807, 2.05) is 25.1 Å². The molecule has 3 nitrogen and oxygen atoms in total. The molecule has 0 spiro atoms. The number of fused-ring (bicyclic) bond motifs is 1. The minimum Gasteiger partial charge on any atom is -0.399 e. The van der Waals surface area contributed by atoms with Crippen molar-refractivity contribution in [1.29, 1.82) is 0 Å². The Labute approximate surface area is 114 Å². The zero-order valence-electron chi connectivity index (χ0n) is 11.7. The average Bonchev–Trinajstić information content (AvgIpc) is 2.77. The van der Waals surface area contributed by atoms with Gasteiger partial charge in [-0.05, 0) is 51.0 Å². The first-order valence-electron chi connectivity index (χ1n) is 7.01. The summed E-state index contributed by atoms with van der Waals surface area (Å²) in [5, 5.41) is 4.86. The van der Waals surface area contributed by atoms with E-state index in [9.17, 15) is 0 Å². The van der Waals surface area contributed by atoms with Gasteiger partial charge in [-0.15, -0.1) is 0 Å². The molecule has 0 unspecified atom stereocenters. The quantitative estimate of drug-likeness (QED) is 0.801. The van der Waals surface area contributed by atoms with Crippen LogP contribution in [0.4, 0.5) is 11.4 Å². The number of nitrogen functional groups attached to an aromatic ring is 1. The van der Waals surface area contributed by atoms with Crippen molar-refractivity contribution in [3.63, 3.8) is 0 Å². The number of aryl methyl sites for hydroxylation is 1. The van der Waals surface area contributed by atoms with Gasteiger partial charge in [0.25, 0.3) is 0 Å². The van der Waals surface area contributed by atoms with Gasteiger partial charge in [0.15, 0.2) is 0 Å². The summed E-state index contributed by atoms with van der Waals surface area (Å²) in [5.74, 6) is 0. The molecule has 0 saturated heterocycles. The Kier molecular flexibility index (Phi) is 2.85. The second-order valence-electron chi connectivity index (χ2n) is 5.98. The Bertz CT molecular complexity index is 613. The van der Waals surface area contributed by atoms with Crippen molar-refractivity contribution in [1.82, 2.24) is 4.98 Å². The normalized spacial score (nSPS) is 17.8. The predicted octanol–water partition coefficient (Wildman–Crippen LogP) is 3.87. The maximum Gasteiger partial charge on any atom is 0.0727 e. The van der Waals surface area contributed by atoms with E-state index in [0.29, 0.717) is 0 Å². The first kappa shape index (κ1) is 12.3. The third-order valence-corrected chi connectivity index (χ3v) is 4.10. The fourth-order valence-corrected chi connectivity index (χ4v) is 3.08. The number of rotatable bonds is 2. The lowest BCUT2D eigenvalue weighted by Crippen LogP contribution is -2.30. The van der Waals surface area contributed by atoms with Crippen molar-refractivity contribution >= 4 is 22.3 Å². The van der Waals surface area contributed by atoms with E-state index in [-0.39, 0.29) is 5.54 Å². The number of hydrogen-bond donors (Lipinski definition) is 2. The maximum absolute atomic E-state index is 5.92. The second-order valence-corrected chi connectivity index (χ2v) is 5.98. The molecule has 1 aromatic heterocycles. The lowest BCUT2D eigenvalue weighted by molar-refractivity contribution is 0.534. The fourth-order valence-electron chi connectivity index (χ4n) is 3.08. The van der Waals surface area contributed by atoms with Crippen LogP contribution in [0.5, 0.6) is 0 Å². The number of pyridine rings is 1. The lowest BCUT2D eigenvalue weighted by atomic mass is 9.99. The van der Waals surface area contributed by atoms with Crippen molar-refractivity contribution in [2.45, 2.75) is 45.1 Å². The summed E-state index contributed by atoms with van der Waals surface area (Å²) in [4.78, 5) is 4.58. The van der Waals surface area contributed by atoms with Gasteiger partial charge in [0.05, 0.1) is 5.52 Å². The van der Waals surface area contributed by atoms with Gasteiger partial charge in [0, 0.05) is 28.0 Å². The van der Waals surface area contributed by atoms with Gasteiger partial charge in [-0.3, -0.25) is 4.98 Å². The summed E-state index contributed by atoms with van der Waals surface area (Å²) >= 11 is 0. The van der Waals surface area contributed by atoms with Crippen molar-refractivity contribution in [3.8, 4) is 0 Å². The van der Waals surface area contributed by atoms with Crippen molar-refractivity contribution in [2.75, 3.05) is 11.1 Å². The topological polar surface area (TPSA) is 50.9 Å². The molecule has 100 valence electrons. The first-order valence-corrected chi connectivity index (χ1v) is 7.01. The number of nitrogens with two attached hydrogens (primary N) is 1. The molecule has 1 aromatic carbocycles. The van der Waals surface area contributed by atoms with Crippen LogP contribution < -0.4 is 11.1 Å². The smallest absolute Gasteiger partial charge is 0.0727 e. The van der Waals surface area contributed by atoms with Gasteiger partial charge in [0.2, 0.25) is 0 Å². The second kappa shape index (κ2) is 4.41. The summed E-state index contributed by atoms with van der Waals surface area (Å²) in [6, 6.07) is 8.06. The molecule has 0 atom stereocenters. The monoisotopic (exact) mass is 255 g/mol. The van der Waals surface area contributed by atoms with Gasteiger partial charge in [0.1, 0.15) is 0 Å². The highest BCUT2D eigenvalue weighted by Gasteiger charge is 2.28. The number of nitrogens with zero attached hydrogens (tertiary/aromatic N) is 1. The summed E-state index contributed by atoms with van der Waals surface area (Å²) in [5.41, 5.74) is 10.1. The molecule has 1 aliphatic carbocycles. The number of anilines is 2. The molecule has 1 heterocycles. The van der Waals surface area contributed by atoms with Crippen LogP contribution in [0.25, 0.3) is 10.9 Å². The molecule has 3 heteroatoms. The van der Waals surface area contributed by atoms with Crippen molar-refractivity contribution in [3.05, 3.63) is 30.0 Å². The van der Waals surface area contributed by atoms with Crippen LogP contribution in [0.1, 0.15) is 38.3 Å². The SMILES string of the molecule is Cc1cc(NC2(C)CCCC2)c2cc(N)ccc2n1. The van der Waals surface area contributed by atoms with Crippen LogP contribution in [0.15, 0.2) is 24.3 Å². The van der Waals surface area contributed by atoms with Gasteiger partial charge >= 0.3 is 0 Å². The highest BCUT2D eigenvalue weighted by atomic mass is 15.0. The van der Waals surface area contributed by atoms with E-state index in [1.54, 1.807) is 0 Å². The molecule has 19 heavy (non-hydrogen) atoms. The van der Waals surface area contributed by atoms with Crippen LogP contribution >= 0.6 is 0 Å². The molecule has 2 aromatic rings. The Morgan fingerprint density at radius 3 is 2.68 bits per heavy atom. The molecule has 1 saturated carbocycles. The molecule has 3 rings (SSSR count). The van der Waals surface area contributed by atoms with E-state index >= 15 is 0 Å². The predicted molar refractivity (Wildman–Crippen MR) is 81.4 cm³/mol. The zero-order valence-corrected chi connectivity index (χ0v) is 11.7. The molecule has 0 amide bonds. The van der Waals surface area contributed by atoms with Crippen LogP contribution in [0.3, 0.4) is 0 Å². The Morgan fingerprint density at radius 1 is 1.21 bits per heavy atom. The van der Waals surface area contributed by atoms with Crippen molar-refractivity contribution < 1.29 is 0 Å². The van der Waals surface area contributed by atoms with Crippen LogP contribution in [0.2, 0.25) is 0 Å². The van der Waals surface area contributed by atoms with Crippen LogP contribution in [-0.4, -0.2) is 10.5 Å². The lowest BCUT2D eigenvalue weighted by Gasteiger charge is -2.27. The number of hydrogen-bond acceptors (Lipinski definition) is 3. The summed E-state index contributed by atoms with van der Waals surface area (Å²) in [6.07, 6.45) is 5.09. The largest absolute Gasteiger partial charge is 0.399 e. The fraction of sp³-hybridized carbons (Fsp3) is 0.438. The third kappa shape index (κ3) is 2.37. The van der Waals surface area contributed by atoms with Crippen molar-refractivity contribution in [2.24, 2.45) is 0 Å². The summed E-state index contributed by atoms with van der Waals surface area (Å²) < 4.78 is 0. The highest BCUT2D eigenvalue weighted by molar-refractivity contribution is 5.93. The Hall–Kier alpha value is -1.77. The maximum atomic E-state index is 5.92. The van der Waals surface area contributed by atoms with Crippen LogP contribution in [0, 0.1) is 6.92 Å². The molecular weight excluding hydrogens is 234 g/mol. The number of aromatic nitrogens is 1. The molecular formula is C16H21N3. The molecule has 1 fully saturated rings. The standard InChI is InChI=1S/C16H21N3/c1-11-9-15(19-16(2)7-3-4-8-16)13-10-12(17)5-6-14(13)18-11/h5-6,9-10H,3-4,7-8,17H2,1-2H3,(H,18,19). The zero-order chi connectivity index (χ0) is 13.5. The molecule has 1 aliphatic rings. The average molecular weight is 255 g/mol. The van der Waals surface area contributed by atoms with Gasteiger partial charge in [-0.2, -0.15) is 0 Å². The van der Waals surface area contributed by atoms with Crippen LogP contribution in [-0.2, 0) is 0 Å². The third-order valence-electron chi connectivity index (χ3n) is 4.10. The number of nitrogens with one attached hydrogen (secondary N) is 1. The Balaban J connectivity index is 2.08. The first-order chi connectivity index (χ1) is 9.06. The molecule has 0 radical (unpaired) electrons. The highest BCUT2D eigenvalue weighted by Crippen LogP contribution is 2.35. The van der Waals surface area contributed by atoms with E-state index in [2.05, 4.69) is 23.3 Å². The van der Waals surface area contributed by atoms with E-state index < -0.39 is 0 Å². The number of benzene rings is 1. The molecule has 3 N–H and O–H groups in total. The van der Waals surface area contributed by atoms with Gasteiger partial charge in [-0.1, -0.05) is 12.8 Å². The van der Waals surface area contributed by atoms with E-state index in [0.717, 1.165) is 22.3 Å². The summed E-state index contributed by atoms with van der Waals surface area (Å²) in [7, 11) is 0. The summed E-state index contributed by atoms with van der Waals surface area (Å²) in [6.45, 7) is 4.35. The van der Waals surface area contributed by atoms with Gasteiger partial charge in [-0.25, -0.2) is 0 Å². The van der Waals surface area contributed by atoms with Gasteiger partial charge < -0.3 is 11.1 Å². The molecule has 0 aliphatic heterocycles. The molecule has 0 bridgehead atoms. The van der Waals surface area contributed by atoms with E-state index in [1.165, 1.54) is 31.4 Å². The van der Waals surface area contributed by atoms with E-state index in [4.69, 9.17) is 5.73 Å².